The predicted molar refractivity (Wildman–Crippen MR) is 148 cm³/mol. The topological polar surface area (TPSA) is 86.4 Å². The van der Waals surface area contributed by atoms with E-state index >= 15 is 0 Å². The molecular weight excluding hydrogens is 466 g/mol. The van der Waals surface area contributed by atoms with Crippen LogP contribution in [0.25, 0.3) is 0 Å². The number of nitrogens with zero attached hydrogens (tertiary/aromatic N) is 2. The van der Waals surface area contributed by atoms with Crippen LogP contribution in [0.5, 0.6) is 17.2 Å². The Hall–Kier alpha value is -4.00. The van der Waals surface area contributed by atoms with E-state index < -0.39 is 0 Å². The minimum absolute atomic E-state index is 0.0375. The number of hydrogen-bond acceptors (Lipinski definition) is 6. The van der Waals surface area contributed by atoms with Crippen LogP contribution < -0.4 is 20.1 Å². The average Bonchev–Trinajstić information content (AvgIpc) is 2.91. The number of methoxy groups -OCH3 is 1. The summed E-state index contributed by atoms with van der Waals surface area (Å²) in [5.41, 5.74) is 2.58. The molecule has 2 N–H and O–H groups in total. The zero-order valence-corrected chi connectivity index (χ0v) is 21.9. The van der Waals surface area contributed by atoms with Gasteiger partial charge >= 0.3 is 0 Å². The van der Waals surface area contributed by atoms with Gasteiger partial charge in [0.25, 0.3) is 5.91 Å². The van der Waals surface area contributed by atoms with E-state index in [2.05, 4.69) is 5.10 Å². The van der Waals surface area contributed by atoms with E-state index in [9.17, 15) is 4.79 Å². The monoisotopic (exact) mass is 503 g/mol. The number of unbranched alkanes of at least 4 members (excludes halogenated alkanes) is 2. The summed E-state index contributed by atoms with van der Waals surface area (Å²) in [4.78, 5) is 15.1. The van der Waals surface area contributed by atoms with Crippen LogP contribution in [0.3, 0.4) is 0 Å². The number of nitrogens with two attached hydrogens (primary N) is 1. The second kappa shape index (κ2) is 14.5. The maximum Gasteiger partial charge on any atom is 0.254 e. The normalized spacial score (nSPS) is 11.0. The largest absolute Gasteiger partial charge is 0.494 e. The fourth-order valence-electron chi connectivity index (χ4n) is 3.88. The van der Waals surface area contributed by atoms with E-state index in [1.807, 2.05) is 79.4 Å². The first kappa shape index (κ1) is 27.6. The third-order valence-corrected chi connectivity index (χ3v) is 5.89. The van der Waals surface area contributed by atoms with Crippen molar-refractivity contribution < 1.29 is 19.0 Å². The van der Waals surface area contributed by atoms with Crippen LogP contribution in [0.1, 0.15) is 54.6 Å². The summed E-state index contributed by atoms with van der Waals surface area (Å²) in [6.07, 6.45) is 4.35. The quantitative estimate of drug-likeness (QED) is 0.133. The van der Waals surface area contributed by atoms with E-state index in [4.69, 9.17) is 20.1 Å². The Balaban J connectivity index is 1.47. The van der Waals surface area contributed by atoms with Gasteiger partial charge in [-0.2, -0.15) is 5.10 Å². The Morgan fingerprint density at radius 1 is 0.919 bits per heavy atom. The molecule has 0 aliphatic carbocycles. The van der Waals surface area contributed by atoms with Crippen LogP contribution in [0.4, 0.5) is 0 Å². The molecule has 0 spiro atoms. The number of carbonyl (C=O) groups is 1. The Morgan fingerprint density at radius 3 is 2.38 bits per heavy atom. The number of hydrogen-bond donors (Lipinski definition) is 1. The first-order valence-corrected chi connectivity index (χ1v) is 12.6. The lowest BCUT2D eigenvalue weighted by Crippen LogP contribution is -2.36. The molecule has 0 saturated carbocycles. The molecule has 0 atom stereocenters. The zero-order valence-electron chi connectivity index (χ0n) is 21.9. The number of amides is 1. The van der Waals surface area contributed by atoms with E-state index in [-0.39, 0.29) is 11.9 Å². The van der Waals surface area contributed by atoms with Gasteiger partial charge in [-0.1, -0.05) is 42.5 Å². The highest BCUT2D eigenvalue weighted by atomic mass is 16.5. The van der Waals surface area contributed by atoms with Crippen LogP contribution in [0.2, 0.25) is 0 Å². The van der Waals surface area contributed by atoms with Gasteiger partial charge in [0.15, 0.2) is 11.5 Å². The molecule has 7 heteroatoms. The molecule has 0 fully saturated rings. The minimum Gasteiger partial charge on any atom is -0.494 e. The van der Waals surface area contributed by atoms with Crippen LogP contribution in [0, 0.1) is 0 Å². The molecule has 0 aliphatic rings. The van der Waals surface area contributed by atoms with Gasteiger partial charge in [-0.05, 0) is 74.6 Å². The van der Waals surface area contributed by atoms with Gasteiger partial charge < -0.3 is 25.0 Å². The molecule has 3 rings (SSSR count). The Morgan fingerprint density at radius 2 is 1.68 bits per heavy atom. The second-order valence-corrected chi connectivity index (χ2v) is 8.99. The van der Waals surface area contributed by atoms with Crippen molar-refractivity contribution >= 4 is 12.1 Å². The lowest BCUT2D eigenvalue weighted by atomic mass is 10.1. The van der Waals surface area contributed by atoms with Crippen molar-refractivity contribution in [3.63, 3.8) is 0 Å². The molecule has 0 unspecified atom stereocenters. The fourth-order valence-corrected chi connectivity index (χ4v) is 3.88. The van der Waals surface area contributed by atoms with Crippen molar-refractivity contribution in [1.29, 1.82) is 0 Å². The maximum absolute atomic E-state index is 13.3. The van der Waals surface area contributed by atoms with Gasteiger partial charge in [0, 0.05) is 18.2 Å². The molecule has 0 aromatic heterocycles. The molecule has 0 radical (unpaired) electrons. The van der Waals surface area contributed by atoms with Crippen molar-refractivity contribution in [3.05, 3.63) is 89.5 Å². The van der Waals surface area contributed by atoms with Crippen molar-refractivity contribution in [1.82, 2.24) is 4.90 Å². The highest BCUT2D eigenvalue weighted by molar-refractivity contribution is 5.95. The van der Waals surface area contributed by atoms with Crippen molar-refractivity contribution in [2.45, 2.75) is 45.7 Å². The van der Waals surface area contributed by atoms with E-state index in [0.29, 0.717) is 36.8 Å². The molecule has 3 aromatic carbocycles. The average molecular weight is 504 g/mol. The highest BCUT2D eigenvalue weighted by Crippen LogP contribution is 2.29. The van der Waals surface area contributed by atoms with Gasteiger partial charge in [-0.25, -0.2) is 0 Å². The molecular formula is C30H37N3O4. The third-order valence-electron chi connectivity index (χ3n) is 5.89. The second-order valence-electron chi connectivity index (χ2n) is 8.99. The number of carbonyl (C=O) groups excluding carboxylic acids is 1. The number of hydrazone groups is 1. The summed E-state index contributed by atoms with van der Waals surface area (Å²) in [5, 5.41) is 3.54. The minimum atomic E-state index is -0.0375. The summed E-state index contributed by atoms with van der Waals surface area (Å²) >= 11 is 0. The number of benzene rings is 3. The van der Waals surface area contributed by atoms with Crippen LogP contribution in [-0.4, -0.2) is 43.4 Å². The molecule has 0 aliphatic heterocycles. The molecule has 1 amide bonds. The highest BCUT2D eigenvalue weighted by Gasteiger charge is 2.20. The molecule has 37 heavy (non-hydrogen) atoms. The molecule has 7 nitrogen and oxygen atoms in total. The van der Waals surface area contributed by atoms with Gasteiger partial charge in [0.05, 0.1) is 26.5 Å². The van der Waals surface area contributed by atoms with Crippen molar-refractivity contribution in [3.8, 4) is 17.2 Å². The summed E-state index contributed by atoms with van der Waals surface area (Å²) in [7, 11) is 1.59. The SMILES string of the molecule is COc1cc(C(=O)N(Cc2ccccc2)C(C)C)ccc1OCCCCCOc1cccc(C=NN)c1. The van der Waals surface area contributed by atoms with Gasteiger partial charge in [-0.3, -0.25) is 4.79 Å². The van der Waals surface area contributed by atoms with Crippen LogP contribution in [-0.2, 0) is 6.54 Å². The van der Waals surface area contributed by atoms with Crippen LogP contribution in [0.15, 0.2) is 77.9 Å². The third kappa shape index (κ3) is 8.56. The van der Waals surface area contributed by atoms with Crippen molar-refractivity contribution in [2.24, 2.45) is 10.9 Å². The predicted octanol–water partition coefficient (Wildman–Crippen LogP) is 5.67. The Bertz CT molecular complexity index is 1150. The Kier molecular flexibility index (Phi) is 10.8. The molecule has 3 aromatic rings. The van der Waals surface area contributed by atoms with Gasteiger partial charge in [0.2, 0.25) is 0 Å². The van der Waals surface area contributed by atoms with E-state index in [1.165, 1.54) is 0 Å². The molecule has 0 bridgehead atoms. The first-order valence-electron chi connectivity index (χ1n) is 12.6. The van der Waals surface area contributed by atoms with E-state index in [1.54, 1.807) is 25.5 Å². The lowest BCUT2D eigenvalue weighted by molar-refractivity contribution is 0.0690. The molecule has 196 valence electrons. The maximum atomic E-state index is 13.3. The lowest BCUT2D eigenvalue weighted by Gasteiger charge is -2.27. The van der Waals surface area contributed by atoms with Gasteiger partial charge in [0.1, 0.15) is 5.75 Å². The van der Waals surface area contributed by atoms with Crippen LogP contribution >= 0.6 is 0 Å². The summed E-state index contributed by atoms with van der Waals surface area (Å²) < 4.78 is 17.3. The summed E-state index contributed by atoms with van der Waals surface area (Å²) in [5.74, 6) is 7.15. The number of rotatable bonds is 14. The summed E-state index contributed by atoms with van der Waals surface area (Å²) in [6.45, 7) is 5.77. The molecule has 0 saturated heterocycles. The number of ether oxygens (including phenoxy) is 3. The first-order chi connectivity index (χ1) is 18.0. The van der Waals surface area contributed by atoms with Gasteiger partial charge in [-0.15, -0.1) is 0 Å². The smallest absolute Gasteiger partial charge is 0.254 e. The van der Waals surface area contributed by atoms with E-state index in [0.717, 1.165) is 36.1 Å². The summed E-state index contributed by atoms with van der Waals surface area (Å²) in [6, 6.07) is 23.1. The fraction of sp³-hybridized carbons (Fsp3) is 0.333. The zero-order chi connectivity index (χ0) is 26.5. The standard InChI is InChI=1S/C30H37N3O4/c1-23(2)33(22-24-11-6-4-7-12-24)30(34)26-15-16-28(29(20-26)35-3)37-18-9-5-8-17-36-27-14-10-13-25(19-27)21-32-31/h4,6-7,10-16,19-21,23H,5,8-9,17-18,22,31H2,1-3H3. The molecule has 0 heterocycles. The Labute approximate surface area is 219 Å². The van der Waals surface area contributed by atoms with Crippen molar-refractivity contribution in [2.75, 3.05) is 20.3 Å².